The van der Waals surface area contributed by atoms with Crippen molar-refractivity contribution in [2.75, 3.05) is 53.0 Å². The van der Waals surface area contributed by atoms with Gasteiger partial charge in [-0.05, 0) is 7.05 Å². The predicted molar refractivity (Wildman–Crippen MR) is 68.8 cm³/mol. The third kappa shape index (κ3) is 5.96. The topological polar surface area (TPSA) is 35.9 Å². The number of hydrogen-bond donors (Lipinski definition) is 1. The Balaban J connectivity index is 2.18. The van der Waals surface area contributed by atoms with Gasteiger partial charge in [0.15, 0.2) is 0 Å². The second kappa shape index (κ2) is 7.40. The van der Waals surface area contributed by atoms with E-state index in [4.69, 9.17) is 4.74 Å². The van der Waals surface area contributed by atoms with Gasteiger partial charge in [0, 0.05) is 37.2 Å². The molecule has 0 saturated carbocycles. The van der Waals surface area contributed by atoms with Gasteiger partial charge < -0.3 is 9.84 Å². The molecule has 0 aromatic heterocycles. The second-order valence-corrected chi connectivity index (χ2v) is 5.40. The van der Waals surface area contributed by atoms with Crippen LogP contribution in [0.3, 0.4) is 0 Å². The highest BCUT2D eigenvalue weighted by molar-refractivity contribution is 9.11. The minimum atomic E-state index is -0.310. The molecule has 0 bridgehead atoms. The summed E-state index contributed by atoms with van der Waals surface area (Å²) in [4.78, 5) is 4.30. The van der Waals surface area contributed by atoms with Crippen molar-refractivity contribution >= 4 is 15.9 Å². The van der Waals surface area contributed by atoms with Crippen LogP contribution in [0.1, 0.15) is 0 Å². The van der Waals surface area contributed by atoms with Crippen molar-refractivity contribution in [3.8, 4) is 0 Å². The van der Waals surface area contributed by atoms with Crippen LogP contribution in [0.25, 0.3) is 0 Å². The number of nitrogens with zero attached hydrogens (tertiary/aromatic N) is 2. The molecule has 16 heavy (non-hydrogen) atoms. The molecule has 1 N–H and O–H groups in total. The summed E-state index contributed by atoms with van der Waals surface area (Å²) in [5.74, 6) is 0. The Kier molecular flexibility index (Phi) is 6.53. The maximum atomic E-state index is 9.92. The first-order valence-electron chi connectivity index (χ1n) is 5.58. The molecule has 0 unspecified atom stereocenters. The molecule has 1 aliphatic rings. The Labute approximate surface area is 106 Å². The number of morpholine rings is 1. The number of aliphatic hydroxyl groups excluding tert-OH is 1. The molecule has 0 radical (unpaired) electrons. The normalized spacial score (nSPS) is 20.0. The van der Waals surface area contributed by atoms with Gasteiger partial charge in [-0.25, -0.2) is 0 Å². The van der Waals surface area contributed by atoms with Crippen molar-refractivity contribution in [1.82, 2.24) is 9.80 Å². The van der Waals surface area contributed by atoms with E-state index in [1.807, 2.05) is 7.05 Å². The lowest BCUT2D eigenvalue weighted by atomic mass is 10.3. The molecule has 1 atom stereocenters. The van der Waals surface area contributed by atoms with E-state index >= 15 is 0 Å². The molecule has 1 fully saturated rings. The van der Waals surface area contributed by atoms with Gasteiger partial charge in [-0.2, -0.15) is 0 Å². The van der Waals surface area contributed by atoms with E-state index in [0.29, 0.717) is 6.54 Å². The first-order chi connectivity index (χ1) is 7.58. The molecule has 1 aliphatic heterocycles. The Morgan fingerprint density at radius 1 is 1.56 bits per heavy atom. The van der Waals surface area contributed by atoms with E-state index in [-0.39, 0.29) is 6.10 Å². The van der Waals surface area contributed by atoms with E-state index in [0.717, 1.165) is 43.9 Å². The van der Waals surface area contributed by atoms with Crippen molar-refractivity contribution in [2.24, 2.45) is 0 Å². The van der Waals surface area contributed by atoms with Crippen LogP contribution in [0.15, 0.2) is 11.1 Å². The average Bonchev–Trinajstić information content (AvgIpc) is 2.17. The highest BCUT2D eigenvalue weighted by Crippen LogP contribution is 2.04. The van der Waals surface area contributed by atoms with E-state index in [9.17, 15) is 5.11 Å². The molecule has 1 rings (SSSR count). The van der Waals surface area contributed by atoms with Crippen LogP contribution in [0.5, 0.6) is 0 Å². The van der Waals surface area contributed by atoms with E-state index < -0.39 is 0 Å². The lowest BCUT2D eigenvalue weighted by Crippen LogP contribution is -2.44. The summed E-state index contributed by atoms with van der Waals surface area (Å²) in [7, 11) is 1.98. The van der Waals surface area contributed by atoms with Crippen LogP contribution in [-0.4, -0.2) is 74.0 Å². The Hall–Kier alpha value is 0.0600. The van der Waals surface area contributed by atoms with Crippen molar-refractivity contribution in [2.45, 2.75) is 6.10 Å². The largest absolute Gasteiger partial charge is 0.390 e. The highest BCUT2D eigenvalue weighted by atomic mass is 79.9. The molecule has 4 nitrogen and oxygen atoms in total. The number of β-amino-alcohol motifs (C(OH)–C–C–N with tert-alkyl or cyclic N) is 1. The summed E-state index contributed by atoms with van der Waals surface area (Å²) >= 11 is 3.32. The maximum Gasteiger partial charge on any atom is 0.0793 e. The molecule has 0 aromatic carbocycles. The van der Waals surface area contributed by atoms with Gasteiger partial charge >= 0.3 is 0 Å². The van der Waals surface area contributed by atoms with Gasteiger partial charge in [-0.1, -0.05) is 22.5 Å². The standard InChI is InChI=1S/C11H21BrN2O2/c1-10(12)7-13(2)8-11(15)9-14-3-5-16-6-4-14/h11,15H,1,3-9H2,2H3/t11-/m0/s1. The Morgan fingerprint density at radius 2 is 2.19 bits per heavy atom. The van der Waals surface area contributed by atoms with Gasteiger partial charge in [0.1, 0.15) is 0 Å². The first kappa shape index (κ1) is 14.1. The maximum absolute atomic E-state index is 9.92. The lowest BCUT2D eigenvalue weighted by molar-refractivity contribution is 0.00933. The second-order valence-electron chi connectivity index (χ2n) is 4.28. The third-order valence-corrected chi connectivity index (χ3v) is 2.79. The number of ether oxygens (including phenoxy) is 1. The summed E-state index contributed by atoms with van der Waals surface area (Å²) in [5.41, 5.74) is 0. The summed E-state index contributed by atoms with van der Waals surface area (Å²) < 4.78 is 6.20. The summed E-state index contributed by atoms with van der Waals surface area (Å²) in [5, 5.41) is 9.92. The number of hydrogen-bond acceptors (Lipinski definition) is 4. The van der Waals surface area contributed by atoms with E-state index in [2.05, 4.69) is 32.3 Å². The zero-order valence-corrected chi connectivity index (χ0v) is 11.4. The van der Waals surface area contributed by atoms with Crippen LogP contribution >= 0.6 is 15.9 Å². The van der Waals surface area contributed by atoms with Gasteiger partial charge in [0.25, 0.3) is 0 Å². The predicted octanol–water partition coefficient (Wildman–Crippen LogP) is 0.520. The number of aliphatic hydroxyl groups is 1. The fourth-order valence-electron chi connectivity index (χ4n) is 1.86. The lowest BCUT2D eigenvalue weighted by Gasteiger charge is -2.30. The van der Waals surface area contributed by atoms with Crippen LogP contribution < -0.4 is 0 Å². The van der Waals surface area contributed by atoms with Crippen molar-refractivity contribution < 1.29 is 9.84 Å². The van der Waals surface area contributed by atoms with Crippen LogP contribution in [0.4, 0.5) is 0 Å². The summed E-state index contributed by atoms with van der Waals surface area (Å²) in [6.07, 6.45) is -0.310. The van der Waals surface area contributed by atoms with Gasteiger partial charge in [0.2, 0.25) is 0 Å². The number of halogens is 1. The zero-order valence-electron chi connectivity index (χ0n) is 9.86. The minimum absolute atomic E-state index is 0.310. The number of rotatable bonds is 6. The quantitative estimate of drug-likeness (QED) is 0.774. The number of likely N-dealkylation sites (N-methyl/N-ethyl adjacent to an activating group) is 1. The van der Waals surface area contributed by atoms with Crippen LogP contribution in [0.2, 0.25) is 0 Å². The molecule has 0 aromatic rings. The minimum Gasteiger partial charge on any atom is -0.390 e. The first-order valence-corrected chi connectivity index (χ1v) is 6.37. The summed E-state index contributed by atoms with van der Waals surface area (Å²) in [6.45, 7) is 9.34. The van der Waals surface area contributed by atoms with E-state index in [1.54, 1.807) is 0 Å². The third-order valence-electron chi connectivity index (χ3n) is 2.54. The summed E-state index contributed by atoms with van der Waals surface area (Å²) in [6, 6.07) is 0. The van der Waals surface area contributed by atoms with E-state index in [1.165, 1.54) is 0 Å². The fourth-order valence-corrected chi connectivity index (χ4v) is 2.28. The Morgan fingerprint density at radius 3 is 2.75 bits per heavy atom. The molecule has 1 heterocycles. The van der Waals surface area contributed by atoms with Gasteiger partial charge in [-0.15, -0.1) is 0 Å². The van der Waals surface area contributed by atoms with Gasteiger partial charge in [0.05, 0.1) is 19.3 Å². The molecule has 0 aliphatic carbocycles. The molecule has 5 heteroatoms. The van der Waals surface area contributed by atoms with Crippen molar-refractivity contribution in [1.29, 1.82) is 0 Å². The molecule has 1 saturated heterocycles. The Bertz CT molecular complexity index is 220. The monoisotopic (exact) mass is 292 g/mol. The van der Waals surface area contributed by atoms with Crippen LogP contribution in [-0.2, 0) is 4.74 Å². The van der Waals surface area contributed by atoms with Crippen molar-refractivity contribution in [3.05, 3.63) is 11.1 Å². The highest BCUT2D eigenvalue weighted by Gasteiger charge is 2.16. The van der Waals surface area contributed by atoms with Crippen LogP contribution in [0, 0.1) is 0 Å². The SMILES string of the molecule is C=C(Br)CN(C)C[C@H](O)CN1CCOCC1. The molecule has 0 spiro atoms. The molecule has 94 valence electrons. The van der Waals surface area contributed by atoms with Gasteiger partial charge in [-0.3, -0.25) is 9.80 Å². The molecular formula is C11H21BrN2O2. The smallest absolute Gasteiger partial charge is 0.0793 e. The average molecular weight is 293 g/mol. The fraction of sp³-hybridized carbons (Fsp3) is 0.818. The van der Waals surface area contributed by atoms with Crippen molar-refractivity contribution in [3.63, 3.8) is 0 Å². The zero-order chi connectivity index (χ0) is 12.0. The molecule has 0 amide bonds. The molecular weight excluding hydrogens is 272 g/mol.